The molecule has 1 aromatic heterocycles. The van der Waals surface area contributed by atoms with E-state index in [-0.39, 0.29) is 29.6 Å². The summed E-state index contributed by atoms with van der Waals surface area (Å²) in [5, 5.41) is 2.37. The molecule has 2 aliphatic heterocycles. The zero-order chi connectivity index (χ0) is 19.6. The molecule has 2 fully saturated rings. The summed E-state index contributed by atoms with van der Waals surface area (Å²) in [4.78, 5) is 42.1. The third-order valence-corrected chi connectivity index (χ3v) is 4.97. The van der Waals surface area contributed by atoms with Crippen LogP contribution < -0.4 is 10.2 Å². The van der Waals surface area contributed by atoms with Crippen LogP contribution in [0.25, 0.3) is 0 Å². The van der Waals surface area contributed by atoms with Crippen LogP contribution in [0, 0.1) is 5.92 Å². The van der Waals surface area contributed by atoms with E-state index in [1.165, 1.54) is 0 Å². The molecule has 3 rings (SSSR count). The molecule has 1 aromatic rings. The van der Waals surface area contributed by atoms with E-state index in [4.69, 9.17) is 4.74 Å². The maximum atomic E-state index is 12.2. The summed E-state index contributed by atoms with van der Waals surface area (Å²) in [5.41, 5.74) is 1.21. The van der Waals surface area contributed by atoms with E-state index in [1.54, 1.807) is 6.20 Å². The van der Waals surface area contributed by atoms with Crippen molar-refractivity contribution in [3.8, 4) is 0 Å². The zero-order valence-corrected chi connectivity index (χ0v) is 16.2. The average molecular weight is 373 g/mol. The van der Waals surface area contributed by atoms with Gasteiger partial charge in [0.2, 0.25) is 11.8 Å². The maximum absolute atomic E-state index is 12.2. The number of amides is 2. The highest BCUT2D eigenvalue weighted by Crippen LogP contribution is 2.28. The normalized spacial score (nSPS) is 21.7. The predicted molar refractivity (Wildman–Crippen MR) is 100 cm³/mol. The van der Waals surface area contributed by atoms with Gasteiger partial charge in [0.15, 0.2) is 0 Å². The number of piperidine rings is 2. The van der Waals surface area contributed by atoms with Crippen molar-refractivity contribution in [1.29, 1.82) is 0 Å². The Labute approximate surface area is 159 Å². The van der Waals surface area contributed by atoms with E-state index in [9.17, 15) is 14.4 Å². The molecule has 1 unspecified atom stereocenters. The standard InChI is InChI=1S/C20H27N3O4/c1-20(2,3)27-19(26)13-8-10-23(11-9-13)14-4-6-16(21-12-14)15-5-7-17(24)22-18(15)25/h4,6,12-13,15H,5,7-11H2,1-3H3,(H,22,24,25). The van der Waals surface area contributed by atoms with Crippen molar-refractivity contribution in [3.05, 3.63) is 24.0 Å². The molecule has 3 heterocycles. The average Bonchev–Trinajstić information content (AvgIpc) is 2.61. The lowest BCUT2D eigenvalue weighted by molar-refractivity contribution is -0.160. The van der Waals surface area contributed by atoms with Crippen LogP contribution in [0.15, 0.2) is 18.3 Å². The highest BCUT2D eigenvalue weighted by Gasteiger charge is 2.31. The summed E-state index contributed by atoms with van der Waals surface area (Å²) in [6.45, 7) is 7.19. The lowest BCUT2D eigenvalue weighted by Gasteiger charge is -2.33. The van der Waals surface area contributed by atoms with Crippen LogP contribution in [0.3, 0.4) is 0 Å². The number of imide groups is 1. The molecule has 0 aliphatic carbocycles. The second kappa shape index (κ2) is 7.66. The number of carbonyl (C=O) groups excluding carboxylic acids is 3. The van der Waals surface area contributed by atoms with E-state index in [1.807, 2.05) is 32.9 Å². The summed E-state index contributed by atoms with van der Waals surface area (Å²) in [5.74, 6) is -1.04. The molecule has 27 heavy (non-hydrogen) atoms. The first kappa shape index (κ1) is 19.3. The minimum atomic E-state index is -0.454. The number of nitrogens with one attached hydrogen (secondary N) is 1. The number of hydrogen-bond acceptors (Lipinski definition) is 6. The van der Waals surface area contributed by atoms with Gasteiger partial charge in [-0.05, 0) is 52.2 Å². The van der Waals surface area contributed by atoms with Gasteiger partial charge in [0.1, 0.15) is 5.60 Å². The van der Waals surface area contributed by atoms with Crippen LogP contribution in [-0.4, -0.2) is 41.5 Å². The molecule has 7 nitrogen and oxygen atoms in total. The molecular formula is C20H27N3O4. The molecule has 0 spiro atoms. The van der Waals surface area contributed by atoms with Crippen LogP contribution in [0.2, 0.25) is 0 Å². The third-order valence-electron chi connectivity index (χ3n) is 4.97. The largest absolute Gasteiger partial charge is 0.460 e. The molecule has 2 amide bonds. The summed E-state index contributed by atoms with van der Waals surface area (Å²) in [6, 6.07) is 3.81. The number of carbonyl (C=O) groups is 3. The smallest absolute Gasteiger partial charge is 0.309 e. The van der Waals surface area contributed by atoms with Gasteiger partial charge in [-0.1, -0.05) is 0 Å². The molecule has 2 aliphatic rings. The van der Waals surface area contributed by atoms with Crippen LogP contribution in [0.1, 0.15) is 58.1 Å². The number of ether oxygens (including phenoxy) is 1. The van der Waals surface area contributed by atoms with Gasteiger partial charge in [0, 0.05) is 19.5 Å². The third kappa shape index (κ3) is 4.84. The second-order valence-corrected chi connectivity index (χ2v) is 8.24. The molecule has 146 valence electrons. The first-order chi connectivity index (χ1) is 12.7. The minimum absolute atomic E-state index is 0.0591. The number of aromatic nitrogens is 1. The highest BCUT2D eigenvalue weighted by atomic mass is 16.6. The van der Waals surface area contributed by atoms with E-state index in [0.29, 0.717) is 18.5 Å². The molecule has 7 heteroatoms. The minimum Gasteiger partial charge on any atom is -0.460 e. The van der Waals surface area contributed by atoms with Gasteiger partial charge in [-0.25, -0.2) is 0 Å². The van der Waals surface area contributed by atoms with Crippen LogP contribution >= 0.6 is 0 Å². The number of rotatable bonds is 3. The van der Waals surface area contributed by atoms with Gasteiger partial charge in [0.25, 0.3) is 0 Å². The Kier molecular flexibility index (Phi) is 5.48. The van der Waals surface area contributed by atoms with E-state index < -0.39 is 5.60 Å². The summed E-state index contributed by atoms with van der Waals surface area (Å²) in [7, 11) is 0. The Morgan fingerprint density at radius 3 is 2.44 bits per heavy atom. The summed E-state index contributed by atoms with van der Waals surface area (Å²) in [6.07, 6.45) is 4.12. The quantitative estimate of drug-likeness (QED) is 0.645. The SMILES string of the molecule is CC(C)(C)OC(=O)C1CCN(c2ccc(C3CCC(=O)NC3=O)nc2)CC1. The fourth-order valence-electron chi connectivity index (χ4n) is 3.52. The van der Waals surface area contributed by atoms with E-state index in [0.717, 1.165) is 31.6 Å². The number of esters is 1. The van der Waals surface area contributed by atoms with Crippen molar-refractivity contribution in [2.24, 2.45) is 5.92 Å². The fourth-order valence-corrected chi connectivity index (χ4v) is 3.52. The van der Waals surface area contributed by atoms with Gasteiger partial charge in [-0.15, -0.1) is 0 Å². The van der Waals surface area contributed by atoms with Crippen molar-refractivity contribution in [2.45, 2.75) is 58.0 Å². The Hall–Kier alpha value is -2.44. The number of hydrogen-bond donors (Lipinski definition) is 1. The Balaban J connectivity index is 1.57. The van der Waals surface area contributed by atoms with Crippen molar-refractivity contribution in [3.63, 3.8) is 0 Å². The van der Waals surface area contributed by atoms with Crippen molar-refractivity contribution >= 4 is 23.5 Å². The fraction of sp³-hybridized carbons (Fsp3) is 0.600. The van der Waals surface area contributed by atoms with E-state index >= 15 is 0 Å². The molecule has 0 bridgehead atoms. The van der Waals surface area contributed by atoms with E-state index in [2.05, 4.69) is 15.2 Å². The lowest BCUT2D eigenvalue weighted by Crippen LogP contribution is -2.40. The van der Waals surface area contributed by atoms with Crippen LogP contribution in [0.5, 0.6) is 0 Å². The summed E-state index contributed by atoms with van der Waals surface area (Å²) >= 11 is 0. The predicted octanol–water partition coefficient (Wildman–Crippen LogP) is 2.16. The molecule has 0 radical (unpaired) electrons. The van der Waals surface area contributed by atoms with Gasteiger partial charge in [-0.2, -0.15) is 0 Å². The second-order valence-electron chi connectivity index (χ2n) is 8.24. The number of pyridine rings is 1. The van der Waals surface area contributed by atoms with Crippen molar-refractivity contribution in [1.82, 2.24) is 10.3 Å². The number of nitrogens with zero attached hydrogens (tertiary/aromatic N) is 2. The highest BCUT2D eigenvalue weighted by molar-refractivity contribution is 6.00. The Morgan fingerprint density at radius 2 is 1.89 bits per heavy atom. The van der Waals surface area contributed by atoms with Crippen LogP contribution in [-0.2, 0) is 19.1 Å². The molecule has 0 aromatic carbocycles. The monoisotopic (exact) mass is 373 g/mol. The first-order valence-corrected chi connectivity index (χ1v) is 9.50. The Bertz CT molecular complexity index is 716. The first-order valence-electron chi connectivity index (χ1n) is 9.50. The van der Waals surface area contributed by atoms with Crippen molar-refractivity contribution in [2.75, 3.05) is 18.0 Å². The number of anilines is 1. The molecule has 1 atom stereocenters. The molecule has 2 saturated heterocycles. The van der Waals surface area contributed by atoms with Gasteiger partial charge in [-0.3, -0.25) is 24.7 Å². The zero-order valence-electron chi connectivity index (χ0n) is 16.2. The van der Waals surface area contributed by atoms with Gasteiger partial charge < -0.3 is 9.64 Å². The van der Waals surface area contributed by atoms with Crippen molar-refractivity contribution < 1.29 is 19.1 Å². The molecule has 0 saturated carbocycles. The molecular weight excluding hydrogens is 346 g/mol. The van der Waals surface area contributed by atoms with Crippen LogP contribution in [0.4, 0.5) is 5.69 Å². The Morgan fingerprint density at radius 1 is 1.19 bits per heavy atom. The van der Waals surface area contributed by atoms with Gasteiger partial charge >= 0.3 is 5.97 Å². The van der Waals surface area contributed by atoms with Gasteiger partial charge in [0.05, 0.1) is 29.4 Å². The lowest BCUT2D eigenvalue weighted by atomic mass is 9.94. The summed E-state index contributed by atoms with van der Waals surface area (Å²) < 4.78 is 5.49. The molecule has 1 N–H and O–H groups in total. The maximum Gasteiger partial charge on any atom is 0.309 e. The topological polar surface area (TPSA) is 88.6 Å².